The Hall–Kier alpha value is -1.77. The van der Waals surface area contributed by atoms with Gasteiger partial charge >= 0.3 is 12.0 Å². The number of hydrogen-bond donors (Lipinski definition) is 1. The van der Waals surface area contributed by atoms with Crippen LogP contribution in [0.15, 0.2) is 0 Å². The Bertz CT molecular complexity index is 400. The van der Waals surface area contributed by atoms with Crippen LogP contribution in [-0.4, -0.2) is 52.6 Å². The smallest absolute Gasteiger partial charge is 0.320 e. The van der Waals surface area contributed by atoms with Crippen LogP contribution in [-0.2, 0) is 4.79 Å². The third kappa shape index (κ3) is 3.37. The van der Waals surface area contributed by atoms with E-state index in [9.17, 15) is 9.59 Å². The lowest BCUT2D eigenvalue weighted by molar-refractivity contribution is -0.143. The van der Waals surface area contributed by atoms with Crippen LogP contribution in [0.25, 0.3) is 0 Å². The minimum absolute atomic E-state index is 0.0938. The average molecular weight is 265 g/mol. The number of carbonyl (C=O) groups is 2. The number of piperidine rings is 1. The first kappa shape index (κ1) is 13.7. The predicted octanol–water partition coefficient (Wildman–Crippen LogP) is 1.28. The second-order valence-corrected chi connectivity index (χ2v) is 5.24. The summed E-state index contributed by atoms with van der Waals surface area (Å²) in [6, 6.07) is 2.22. The van der Waals surface area contributed by atoms with Gasteiger partial charge in [0.1, 0.15) is 0 Å². The second-order valence-electron chi connectivity index (χ2n) is 5.24. The highest BCUT2D eigenvalue weighted by molar-refractivity contribution is 5.77. The van der Waals surface area contributed by atoms with E-state index in [4.69, 9.17) is 10.4 Å². The molecular formula is C13H19N3O3. The van der Waals surface area contributed by atoms with Crippen LogP contribution < -0.4 is 0 Å². The van der Waals surface area contributed by atoms with E-state index >= 15 is 0 Å². The summed E-state index contributed by atoms with van der Waals surface area (Å²) < 4.78 is 0. The molecule has 1 aliphatic heterocycles. The number of likely N-dealkylation sites (tertiary alicyclic amines) is 1. The predicted molar refractivity (Wildman–Crippen MR) is 67.3 cm³/mol. The molecule has 0 radical (unpaired) electrons. The Labute approximate surface area is 112 Å². The van der Waals surface area contributed by atoms with Crippen molar-refractivity contribution in [3.63, 3.8) is 0 Å². The molecule has 0 aromatic rings. The monoisotopic (exact) mass is 265 g/mol. The van der Waals surface area contributed by atoms with Gasteiger partial charge in [-0.3, -0.25) is 4.79 Å². The summed E-state index contributed by atoms with van der Waals surface area (Å²) >= 11 is 0. The van der Waals surface area contributed by atoms with E-state index in [0.717, 1.165) is 19.3 Å². The van der Waals surface area contributed by atoms with Crippen LogP contribution in [0.3, 0.4) is 0 Å². The number of hydrogen-bond acceptors (Lipinski definition) is 3. The summed E-state index contributed by atoms with van der Waals surface area (Å²) in [5.74, 6) is -1.28. The molecule has 1 unspecified atom stereocenters. The number of carboxylic acid groups (broad SMARTS) is 1. The lowest BCUT2D eigenvalue weighted by Gasteiger charge is -2.35. The molecule has 0 aromatic carbocycles. The molecule has 2 amide bonds. The topological polar surface area (TPSA) is 84.6 Å². The van der Waals surface area contributed by atoms with E-state index in [1.54, 1.807) is 9.80 Å². The highest BCUT2D eigenvalue weighted by Gasteiger charge is 2.36. The van der Waals surface area contributed by atoms with E-state index in [-0.39, 0.29) is 12.1 Å². The standard InChI is InChI=1S/C13H19N3O3/c14-6-2-8-16(11-4-5-11)13(19)15-7-1-3-10(9-15)12(17)18/h10-11H,1-5,7-9H2,(H,17,18). The fourth-order valence-electron chi connectivity index (χ4n) is 2.53. The van der Waals surface area contributed by atoms with Gasteiger partial charge in [0, 0.05) is 25.7 Å². The quantitative estimate of drug-likeness (QED) is 0.829. The maximum Gasteiger partial charge on any atom is 0.320 e. The van der Waals surface area contributed by atoms with Crippen LogP contribution >= 0.6 is 0 Å². The minimum Gasteiger partial charge on any atom is -0.481 e. The number of carboxylic acids is 1. The van der Waals surface area contributed by atoms with E-state index in [1.165, 1.54) is 0 Å². The summed E-state index contributed by atoms with van der Waals surface area (Å²) in [5, 5.41) is 17.7. The summed E-state index contributed by atoms with van der Waals surface area (Å²) in [7, 11) is 0. The molecule has 1 heterocycles. The largest absolute Gasteiger partial charge is 0.481 e. The normalized spacial score (nSPS) is 22.7. The van der Waals surface area contributed by atoms with Crippen LogP contribution in [0.5, 0.6) is 0 Å². The van der Waals surface area contributed by atoms with E-state index in [1.807, 2.05) is 0 Å². The molecule has 104 valence electrons. The summed E-state index contributed by atoms with van der Waals surface area (Å²) in [6.45, 7) is 1.37. The third-order valence-electron chi connectivity index (χ3n) is 3.74. The van der Waals surface area contributed by atoms with Crippen molar-refractivity contribution in [1.82, 2.24) is 9.80 Å². The number of nitriles is 1. The highest BCUT2D eigenvalue weighted by Crippen LogP contribution is 2.29. The molecule has 1 saturated heterocycles. The number of carbonyl (C=O) groups excluding carboxylic acids is 1. The number of rotatable bonds is 4. The van der Waals surface area contributed by atoms with E-state index in [2.05, 4.69) is 6.07 Å². The van der Waals surface area contributed by atoms with Crippen molar-refractivity contribution in [2.24, 2.45) is 5.92 Å². The molecule has 0 bridgehead atoms. The van der Waals surface area contributed by atoms with Gasteiger partial charge in [0.25, 0.3) is 0 Å². The second kappa shape index (κ2) is 5.91. The lowest BCUT2D eigenvalue weighted by Crippen LogP contribution is -2.49. The van der Waals surface area contributed by atoms with Gasteiger partial charge < -0.3 is 14.9 Å². The third-order valence-corrected chi connectivity index (χ3v) is 3.74. The molecule has 0 aromatic heterocycles. The average Bonchev–Trinajstić information content (AvgIpc) is 3.23. The Morgan fingerprint density at radius 2 is 2.11 bits per heavy atom. The van der Waals surface area contributed by atoms with E-state index in [0.29, 0.717) is 32.5 Å². The molecule has 0 spiro atoms. The van der Waals surface area contributed by atoms with Gasteiger partial charge in [0.2, 0.25) is 0 Å². The molecule has 19 heavy (non-hydrogen) atoms. The zero-order valence-corrected chi connectivity index (χ0v) is 10.9. The van der Waals surface area contributed by atoms with Crippen molar-refractivity contribution < 1.29 is 14.7 Å². The van der Waals surface area contributed by atoms with Gasteiger partial charge in [0.05, 0.1) is 18.4 Å². The van der Waals surface area contributed by atoms with Gasteiger partial charge in [-0.2, -0.15) is 5.26 Å². The van der Waals surface area contributed by atoms with Gasteiger partial charge in [-0.15, -0.1) is 0 Å². The first-order chi connectivity index (χ1) is 9.13. The number of amides is 2. The summed E-state index contributed by atoms with van der Waals surface area (Å²) in [4.78, 5) is 26.8. The molecule has 1 saturated carbocycles. The van der Waals surface area contributed by atoms with Crippen molar-refractivity contribution in [3.05, 3.63) is 0 Å². The minimum atomic E-state index is -0.826. The Balaban J connectivity index is 1.96. The summed E-state index contributed by atoms with van der Waals surface area (Å²) in [6.07, 6.45) is 3.69. The van der Waals surface area contributed by atoms with Crippen molar-refractivity contribution in [2.45, 2.75) is 38.1 Å². The highest BCUT2D eigenvalue weighted by atomic mass is 16.4. The van der Waals surface area contributed by atoms with Crippen molar-refractivity contribution in [3.8, 4) is 6.07 Å². The summed E-state index contributed by atoms with van der Waals surface area (Å²) in [5.41, 5.74) is 0. The number of nitrogens with zero attached hydrogens (tertiary/aromatic N) is 3. The number of aliphatic carboxylic acids is 1. The van der Waals surface area contributed by atoms with Crippen LogP contribution in [0.4, 0.5) is 4.79 Å². The van der Waals surface area contributed by atoms with Crippen LogP contribution in [0.2, 0.25) is 0 Å². The van der Waals surface area contributed by atoms with Crippen molar-refractivity contribution in [1.29, 1.82) is 5.26 Å². The maximum atomic E-state index is 12.4. The molecule has 2 rings (SSSR count). The Morgan fingerprint density at radius 3 is 2.68 bits per heavy atom. The van der Waals surface area contributed by atoms with Gasteiger partial charge in [-0.05, 0) is 25.7 Å². The van der Waals surface area contributed by atoms with Crippen LogP contribution in [0.1, 0.15) is 32.1 Å². The van der Waals surface area contributed by atoms with Gasteiger partial charge in [-0.1, -0.05) is 0 Å². The number of urea groups is 1. The molecule has 2 fully saturated rings. The molecule has 1 atom stereocenters. The molecule has 6 heteroatoms. The fourth-order valence-corrected chi connectivity index (χ4v) is 2.53. The van der Waals surface area contributed by atoms with Crippen LogP contribution in [0, 0.1) is 17.2 Å². The fraction of sp³-hybridized carbons (Fsp3) is 0.769. The van der Waals surface area contributed by atoms with Gasteiger partial charge in [0.15, 0.2) is 0 Å². The van der Waals surface area contributed by atoms with Crippen molar-refractivity contribution >= 4 is 12.0 Å². The molecule has 6 nitrogen and oxygen atoms in total. The molecule has 1 N–H and O–H groups in total. The molecule has 2 aliphatic rings. The maximum absolute atomic E-state index is 12.4. The SMILES string of the molecule is N#CCCN(C(=O)N1CCCC(C(=O)O)C1)C1CC1. The Kier molecular flexibility index (Phi) is 4.25. The van der Waals surface area contributed by atoms with Crippen molar-refractivity contribution in [2.75, 3.05) is 19.6 Å². The first-order valence-electron chi connectivity index (χ1n) is 6.78. The van der Waals surface area contributed by atoms with Gasteiger partial charge in [-0.25, -0.2) is 4.79 Å². The zero-order chi connectivity index (χ0) is 13.8. The first-order valence-corrected chi connectivity index (χ1v) is 6.78. The van der Waals surface area contributed by atoms with E-state index < -0.39 is 11.9 Å². The zero-order valence-electron chi connectivity index (χ0n) is 10.9. The lowest BCUT2D eigenvalue weighted by atomic mass is 9.98. The molecule has 1 aliphatic carbocycles. The molecular weight excluding hydrogens is 246 g/mol. The Morgan fingerprint density at radius 1 is 1.37 bits per heavy atom.